The van der Waals surface area contributed by atoms with Crippen molar-refractivity contribution in [2.45, 2.75) is 33.2 Å². The molecule has 18 heavy (non-hydrogen) atoms. The Morgan fingerprint density at radius 3 is 2.28 bits per heavy atom. The molecule has 0 aliphatic heterocycles. The molecule has 1 unspecified atom stereocenters. The van der Waals surface area contributed by atoms with E-state index in [9.17, 15) is 0 Å². The van der Waals surface area contributed by atoms with E-state index >= 15 is 0 Å². The van der Waals surface area contributed by atoms with Gasteiger partial charge in [-0.3, -0.25) is 0 Å². The van der Waals surface area contributed by atoms with Crippen molar-refractivity contribution in [3.63, 3.8) is 0 Å². The molecule has 0 fully saturated rings. The molecule has 0 saturated carbocycles. The molecule has 0 radical (unpaired) electrons. The zero-order valence-electron chi connectivity index (χ0n) is 12.5. The van der Waals surface area contributed by atoms with Crippen LogP contribution in [-0.4, -0.2) is 32.6 Å². The summed E-state index contributed by atoms with van der Waals surface area (Å²) in [7, 11) is 5.93. The Morgan fingerprint density at radius 2 is 1.83 bits per heavy atom. The van der Waals surface area contributed by atoms with Crippen LogP contribution in [0.5, 0.6) is 5.75 Å². The maximum absolute atomic E-state index is 5.75. The minimum atomic E-state index is 0.309. The van der Waals surface area contributed by atoms with E-state index < -0.39 is 0 Å². The van der Waals surface area contributed by atoms with Crippen LogP contribution in [0.1, 0.15) is 34.7 Å². The van der Waals surface area contributed by atoms with E-state index in [1.165, 1.54) is 22.3 Å². The van der Waals surface area contributed by atoms with E-state index in [4.69, 9.17) is 10.5 Å². The topological polar surface area (TPSA) is 38.5 Å². The summed E-state index contributed by atoms with van der Waals surface area (Å²) in [5.74, 6) is 1.01. The van der Waals surface area contributed by atoms with Crippen LogP contribution in [0.4, 0.5) is 0 Å². The summed E-state index contributed by atoms with van der Waals surface area (Å²) in [4.78, 5) is 2.21. The smallest absolute Gasteiger partial charge is 0.127 e. The second-order valence-corrected chi connectivity index (χ2v) is 5.14. The molecule has 3 nitrogen and oxygen atoms in total. The van der Waals surface area contributed by atoms with Crippen molar-refractivity contribution in [1.29, 1.82) is 0 Å². The fourth-order valence-corrected chi connectivity index (χ4v) is 2.57. The molecule has 0 spiro atoms. The molecular formula is C15H26N2O. The van der Waals surface area contributed by atoms with Gasteiger partial charge < -0.3 is 15.4 Å². The fourth-order valence-electron chi connectivity index (χ4n) is 2.57. The lowest BCUT2D eigenvalue weighted by molar-refractivity contribution is 0.276. The van der Waals surface area contributed by atoms with Gasteiger partial charge in [0.2, 0.25) is 0 Å². The second-order valence-electron chi connectivity index (χ2n) is 5.14. The van der Waals surface area contributed by atoms with Gasteiger partial charge in [0.1, 0.15) is 5.75 Å². The molecule has 102 valence electrons. The van der Waals surface area contributed by atoms with Gasteiger partial charge in [-0.1, -0.05) is 6.07 Å². The number of rotatable bonds is 5. The molecule has 2 N–H and O–H groups in total. The first-order valence-corrected chi connectivity index (χ1v) is 6.45. The molecule has 1 aromatic rings. The van der Waals surface area contributed by atoms with Crippen LogP contribution in [0.15, 0.2) is 6.07 Å². The summed E-state index contributed by atoms with van der Waals surface area (Å²) in [5, 5.41) is 0. The van der Waals surface area contributed by atoms with Gasteiger partial charge >= 0.3 is 0 Å². The second kappa shape index (κ2) is 6.21. The van der Waals surface area contributed by atoms with Crippen molar-refractivity contribution in [2.75, 3.05) is 27.7 Å². The highest BCUT2D eigenvalue weighted by Crippen LogP contribution is 2.37. The third-order valence-corrected chi connectivity index (χ3v) is 3.64. The first-order chi connectivity index (χ1) is 8.43. The van der Waals surface area contributed by atoms with Crippen LogP contribution < -0.4 is 10.5 Å². The fraction of sp³-hybridized carbons (Fsp3) is 0.600. The molecule has 3 heteroatoms. The Hall–Kier alpha value is -1.06. The molecule has 0 bridgehead atoms. The molecule has 0 aromatic heterocycles. The van der Waals surface area contributed by atoms with E-state index in [0.717, 1.165) is 12.2 Å². The molecular weight excluding hydrogens is 224 g/mol. The zero-order valence-corrected chi connectivity index (χ0v) is 12.5. The SMILES string of the molecule is COc1c(C)c(C)cc(C)c1C(CCN)N(C)C. The van der Waals surface area contributed by atoms with Crippen molar-refractivity contribution in [3.05, 3.63) is 28.3 Å². The lowest BCUT2D eigenvalue weighted by atomic mass is 9.92. The van der Waals surface area contributed by atoms with Crippen molar-refractivity contribution >= 4 is 0 Å². The van der Waals surface area contributed by atoms with E-state index in [1.54, 1.807) is 7.11 Å². The lowest BCUT2D eigenvalue weighted by Crippen LogP contribution is -2.24. The van der Waals surface area contributed by atoms with Gasteiger partial charge in [0.05, 0.1) is 7.11 Å². The van der Waals surface area contributed by atoms with Gasteiger partial charge in [-0.15, -0.1) is 0 Å². The average Bonchev–Trinajstić information content (AvgIpc) is 2.30. The van der Waals surface area contributed by atoms with Crippen molar-refractivity contribution < 1.29 is 4.74 Å². The minimum absolute atomic E-state index is 0.309. The average molecular weight is 250 g/mol. The quantitative estimate of drug-likeness (QED) is 0.873. The zero-order chi connectivity index (χ0) is 13.9. The molecule has 0 aliphatic carbocycles. The number of hydrogen-bond donors (Lipinski definition) is 1. The molecule has 1 aromatic carbocycles. The third kappa shape index (κ3) is 2.85. The summed E-state index contributed by atoms with van der Waals surface area (Å²) < 4.78 is 5.65. The van der Waals surface area contributed by atoms with Gasteiger partial charge in [0.15, 0.2) is 0 Å². The maximum Gasteiger partial charge on any atom is 0.127 e. The number of benzene rings is 1. The third-order valence-electron chi connectivity index (χ3n) is 3.64. The van der Waals surface area contributed by atoms with Crippen molar-refractivity contribution in [3.8, 4) is 5.75 Å². The number of nitrogens with two attached hydrogens (primary N) is 1. The predicted octanol–water partition coefficient (Wildman–Crippen LogP) is 2.57. The first-order valence-electron chi connectivity index (χ1n) is 6.45. The summed E-state index contributed by atoms with van der Waals surface area (Å²) in [5.41, 5.74) is 10.8. The largest absolute Gasteiger partial charge is 0.496 e. The van der Waals surface area contributed by atoms with Crippen LogP contribution in [0.25, 0.3) is 0 Å². The van der Waals surface area contributed by atoms with E-state index in [2.05, 4.69) is 45.8 Å². The summed E-state index contributed by atoms with van der Waals surface area (Å²) >= 11 is 0. The monoisotopic (exact) mass is 250 g/mol. The Kier molecular flexibility index (Phi) is 5.17. The van der Waals surface area contributed by atoms with Crippen molar-refractivity contribution in [2.24, 2.45) is 5.73 Å². The van der Waals surface area contributed by atoms with Crippen LogP contribution in [0, 0.1) is 20.8 Å². The Morgan fingerprint density at radius 1 is 1.22 bits per heavy atom. The normalized spacial score (nSPS) is 12.9. The standard InChI is InChI=1S/C15H26N2O/c1-10-9-11(2)14(15(18-6)12(10)3)13(7-8-16)17(4)5/h9,13H,7-8,16H2,1-6H3. The number of hydrogen-bond acceptors (Lipinski definition) is 3. The Bertz CT molecular complexity index is 413. The highest BCUT2D eigenvalue weighted by atomic mass is 16.5. The molecule has 1 atom stereocenters. The maximum atomic E-state index is 5.75. The molecule has 1 rings (SSSR count). The van der Waals surface area contributed by atoms with Gasteiger partial charge in [-0.25, -0.2) is 0 Å². The van der Waals surface area contributed by atoms with Crippen LogP contribution in [-0.2, 0) is 0 Å². The molecule has 0 aliphatic rings. The summed E-state index contributed by atoms with van der Waals surface area (Å²) in [6.07, 6.45) is 0.937. The van der Waals surface area contributed by atoms with Gasteiger partial charge in [-0.05, 0) is 64.5 Å². The molecule has 0 saturated heterocycles. The van der Waals surface area contributed by atoms with Crippen molar-refractivity contribution in [1.82, 2.24) is 4.90 Å². The van der Waals surface area contributed by atoms with E-state index in [1.807, 2.05) is 0 Å². The van der Waals surface area contributed by atoms with Crippen LogP contribution in [0.2, 0.25) is 0 Å². The number of methoxy groups -OCH3 is 1. The Labute approximate surface area is 111 Å². The molecule has 0 heterocycles. The summed E-state index contributed by atoms with van der Waals surface area (Å²) in [6.45, 7) is 7.07. The predicted molar refractivity (Wildman–Crippen MR) is 77.3 cm³/mol. The van der Waals surface area contributed by atoms with E-state index in [-0.39, 0.29) is 0 Å². The van der Waals surface area contributed by atoms with Gasteiger partial charge in [-0.2, -0.15) is 0 Å². The highest BCUT2D eigenvalue weighted by Gasteiger charge is 2.22. The number of ether oxygens (including phenoxy) is 1. The van der Waals surface area contributed by atoms with Crippen LogP contribution in [0.3, 0.4) is 0 Å². The van der Waals surface area contributed by atoms with Gasteiger partial charge in [0, 0.05) is 11.6 Å². The first kappa shape index (κ1) is 15.0. The van der Waals surface area contributed by atoms with Gasteiger partial charge in [0.25, 0.3) is 0 Å². The van der Waals surface area contributed by atoms with Crippen LogP contribution >= 0.6 is 0 Å². The minimum Gasteiger partial charge on any atom is -0.496 e. The summed E-state index contributed by atoms with van der Waals surface area (Å²) in [6, 6.07) is 2.55. The highest BCUT2D eigenvalue weighted by molar-refractivity contribution is 5.51. The lowest BCUT2D eigenvalue weighted by Gasteiger charge is -2.29. The molecule has 0 amide bonds. The Balaban J connectivity index is 3.41. The number of aryl methyl sites for hydroxylation is 2. The number of nitrogens with zero attached hydrogens (tertiary/aromatic N) is 1. The van der Waals surface area contributed by atoms with E-state index in [0.29, 0.717) is 12.6 Å².